The fourth-order valence-corrected chi connectivity index (χ4v) is 2.77. The predicted octanol–water partition coefficient (Wildman–Crippen LogP) is 2.63. The number of nitrogens with one attached hydrogen (secondary N) is 1. The van der Waals surface area contributed by atoms with Crippen molar-refractivity contribution in [3.8, 4) is 17.1 Å². The molecule has 4 rings (SSSR count). The molecule has 1 aromatic heterocycles. The Morgan fingerprint density at radius 1 is 1.12 bits per heavy atom. The van der Waals surface area contributed by atoms with Crippen LogP contribution in [0.25, 0.3) is 11.4 Å². The van der Waals surface area contributed by atoms with Gasteiger partial charge in [0.1, 0.15) is 17.5 Å². The van der Waals surface area contributed by atoms with Crippen LogP contribution in [0.3, 0.4) is 0 Å². The number of carboxylic acid groups (broad SMARTS) is 1. The van der Waals surface area contributed by atoms with Crippen molar-refractivity contribution >= 4 is 11.9 Å². The maximum atomic E-state index is 11.4. The van der Waals surface area contributed by atoms with Gasteiger partial charge in [-0.3, -0.25) is 0 Å². The first-order chi connectivity index (χ1) is 12.1. The summed E-state index contributed by atoms with van der Waals surface area (Å²) < 4.78 is 1.61. The molecule has 7 nitrogen and oxygen atoms in total. The highest BCUT2D eigenvalue weighted by atomic mass is 16.4. The summed E-state index contributed by atoms with van der Waals surface area (Å²) in [5, 5.41) is 26.4. The van der Waals surface area contributed by atoms with E-state index >= 15 is 0 Å². The van der Waals surface area contributed by atoms with Gasteiger partial charge in [-0.1, -0.05) is 42.5 Å². The maximum Gasteiger partial charge on any atom is 0.352 e. The summed E-state index contributed by atoms with van der Waals surface area (Å²) in [5.41, 5.74) is 1.57. The molecule has 1 aliphatic rings. The first-order valence-corrected chi connectivity index (χ1v) is 7.65. The van der Waals surface area contributed by atoms with Crippen LogP contribution in [0.5, 0.6) is 5.75 Å². The third-order valence-electron chi connectivity index (χ3n) is 3.94. The number of anilines is 1. The van der Waals surface area contributed by atoms with Crippen LogP contribution in [0.15, 0.2) is 66.4 Å². The Morgan fingerprint density at radius 3 is 2.64 bits per heavy atom. The second kappa shape index (κ2) is 5.79. The normalized spacial score (nSPS) is 15.8. The molecule has 0 aliphatic carbocycles. The maximum absolute atomic E-state index is 11.4. The molecule has 124 valence electrons. The van der Waals surface area contributed by atoms with Gasteiger partial charge in [0.15, 0.2) is 5.82 Å². The molecule has 0 spiro atoms. The Morgan fingerprint density at radius 2 is 1.92 bits per heavy atom. The average Bonchev–Trinajstić information content (AvgIpc) is 3.05. The molecule has 3 aromatic rings. The van der Waals surface area contributed by atoms with Crippen LogP contribution >= 0.6 is 0 Å². The summed E-state index contributed by atoms with van der Waals surface area (Å²) >= 11 is 0. The molecule has 0 saturated heterocycles. The number of nitrogens with zero attached hydrogens (tertiary/aromatic N) is 3. The molecule has 0 amide bonds. The van der Waals surface area contributed by atoms with Crippen molar-refractivity contribution in [2.24, 2.45) is 0 Å². The lowest BCUT2D eigenvalue weighted by molar-refractivity contribution is -0.132. The highest BCUT2D eigenvalue weighted by molar-refractivity contribution is 5.90. The number of carbonyl (C=O) groups is 1. The molecule has 0 saturated carbocycles. The molecule has 7 heteroatoms. The molecule has 0 unspecified atom stereocenters. The lowest BCUT2D eigenvalue weighted by atomic mass is 10.0. The van der Waals surface area contributed by atoms with Crippen molar-refractivity contribution in [3.05, 3.63) is 71.9 Å². The van der Waals surface area contributed by atoms with Crippen molar-refractivity contribution in [1.82, 2.24) is 14.8 Å². The van der Waals surface area contributed by atoms with E-state index in [-0.39, 0.29) is 11.4 Å². The van der Waals surface area contributed by atoms with Crippen LogP contribution in [0, 0.1) is 0 Å². The molecule has 3 N–H and O–H groups in total. The number of carboxylic acids is 1. The molecule has 2 aromatic carbocycles. The third kappa shape index (κ3) is 2.72. The Bertz CT molecular complexity index is 979. The number of phenolic OH excluding ortho intramolecular Hbond substituents is 1. The number of hydrogen-bond acceptors (Lipinski definition) is 5. The van der Waals surface area contributed by atoms with Crippen LogP contribution < -0.4 is 5.32 Å². The summed E-state index contributed by atoms with van der Waals surface area (Å²) in [4.78, 5) is 15.9. The van der Waals surface area contributed by atoms with Gasteiger partial charge in [0.2, 0.25) is 5.95 Å². The minimum absolute atomic E-state index is 0.0212. The van der Waals surface area contributed by atoms with Gasteiger partial charge in [0.25, 0.3) is 0 Å². The summed E-state index contributed by atoms with van der Waals surface area (Å²) in [6.45, 7) is 0. The molecule has 0 fully saturated rings. The fraction of sp³-hybridized carbons (Fsp3) is 0.0556. The zero-order chi connectivity index (χ0) is 17.4. The second-order valence-corrected chi connectivity index (χ2v) is 5.62. The van der Waals surface area contributed by atoms with E-state index < -0.39 is 12.0 Å². The van der Waals surface area contributed by atoms with E-state index in [4.69, 9.17) is 0 Å². The minimum atomic E-state index is -1.08. The van der Waals surface area contributed by atoms with E-state index in [0.717, 1.165) is 5.56 Å². The lowest BCUT2D eigenvalue weighted by Crippen LogP contribution is -2.24. The monoisotopic (exact) mass is 334 g/mol. The Kier molecular flexibility index (Phi) is 3.46. The summed E-state index contributed by atoms with van der Waals surface area (Å²) in [7, 11) is 0. The second-order valence-electron chi connectivity index (χ2n) is 5.62. The van der Waals surface area contributed by atoms with Crippen LogP contribution in [0.4, 0.5) is 5.95 Å². The molecule has 0 radical (unpaired) electrons. The number of aromatic nitrogens is 3. The van der Waals surface area contributed by atoms with E-state index in [9.17, 15) is 15.0 Å². The number of benzene rings is 2. The van der Waals surface area contributed by atoms with Gasteiger partial charge in [-0.15, -0.1) is 5.10 Å². The summed E-state index contributed by atoms with van der Waals surface area (Å²) in [6, 6.07) is 15.6. The number of allylic oxidation sites excluding steroid dienone is 1. The molecule has 25 heavy (non-hydrogen) atoms. The molecule has 2 heterocycles. The predicted molar refractivity (Wildman–Crippen MR) is 91.0 cm³/mol. The van der Waals surface area contributed by atoms with Crippen LogP contribution in [0.1, 0.15) is 11.6 Å². The van der Waals surface area contributed by atoms with E-state index in [0.29, 0.717) is 17.3 Å². The first kappa shape index (κ1) is 14.9. The van der Waals surface area contributed by atoms with E-state index in [1.54, 1.807) is 35.0 Å². The Balaban J connectivity index is 1.84. The number of rotatable bonds is 3. The van der Waals surface area contributed by atoms with Gasteiger partial charge in [-0.05, 0) is 23.8 Å². The summed E-state index contributed by atoms with van der Waals surface area (Å²) in [6.07, 6.45) is 1.55. The molecule has 0 bridgehead atoms. The standard InChI is InChI=1S/C18H14N4O3/c23-13-8-4-7-12(9-13)15-10-14(17(24)25)19-18-20-16(21-22(15)18)11-5-2-1-3-6-11/h1-10,15,23H,(H,24,25)(H,19,20,21)/t15-/m1/s1. The van der Waals surface area contributed by atoms with Crippen molar-refractivity contribution in [3.63, 3.8) is 0 Å². The lowest BCUT2D eigenvalue weighted by Gasteiger charge is -2.22. The summed E-state index contributed by atoms with van der Waals surface area (Å²) in [5.74, 6) is -0.146. The molecule has 1 aliphatic heterocycles. The topological polar surface area (TPSA) is 100 Å². The van der Waals surface area contributed by atoms with Crippen LogP contribution in [-0.2, 0) is 4.79 Å². The van der Waals surface area contributed by atoms with Gasteiger partial charge in [-0.2, -0.15) is 4.98 Å². The van der Waals surface area contributed by atoms with E-state index in [2.05, 4.69) is 15.4 Å². The highest BCUT2D eigenvalue weighted by Crippen LogP contribution is 2.32. The largest absolute Gasteiger partial charge is 0.508 e. The first-order valence-electron chi connectivity index (χ1n) is 7.65. The van der Waals surface area contributed by atoms with Crippen LogP contribution in [0.2, 0.25) is 0 Å². The van der Waals surface area contributed by atoms with Crippen molar-refractivity contribution in [1.29, 1.82) is 0 Å². The SMILES string of the molecule is O=C(O)C1=C[C@H](c2cccc(O)c2)n2nc(-c3ccccc3)nc2N1. The Hall–Kier alpha value is -3.61. The number of fused-ring (bicyclic) bond motifs is 1. The van der Waals surface area contributed by atoms with E-state index in [1.165, 1.54) is 0 Å². The smallest absolute Gasteiger partial charge is 0.352 e. The third-order valence-corrected chi connectivity index (χ3v) is 3.94. The van der Waals surface area contributed by atoms with Gasteiger partial charge in [0, 0.05) is 5.56 Å². The van der Waals surface area contributed by atoms with Crippen molar-refractivity contribution in [2.45, 2.75) is 6.04 Å². The molecule has 1 atom stereocenters. The van der Waals surface area contributed by atoms with Crippen molar-refractivity contribution in [2.75, 3.05) is 5.32 Å². The zero-order valence-corrected chi connectivity index (χ0v) is 13.0. The highest BCUT2D eigenvalue weighted by Gasteiger charge is 2.27. The average molecular weight is 334 g/mol. The zero-order valence-electron chi connectivity index (χ0n) is 13.0. The van der Waals surface area contributed by atoms with E-state index in [1.807, 2.05) is 30.3 Å². The number of phenols is 1. The molecular formula is C18H14N4O3. The van der Waals surface area contributed by atoms with Crippen molar-refractivity contribution < 1.29 is 15.0 Å². The Labute approximate surface area is 142 Å². The van der Waals surface area contributed by atoms with Gasteiger partial charge in [-0.25, -0.2) is 9.48 Å². The van der Waals surface area contributed by atoms with Gasteiger partial charge < -0.3 is 15.5 Å². The van der Waals surface area contributed by atoms with Gasteiger partial charge >= 0.3 is 5.97 Å². The van der Waals surface area contributed by atoms with Crippen LogP contribution in [-0.4, -0.2) is 30.9 Å². The van der Waals surface area contributed by atoms with Gasteiger partial charge in [0.05, 0.1) is 0 Å². The number of aromatic hydroxyl groups is 1. The number of aliphatic carboxylic acids is 1. The number of hydrogen-bond donors (Lipinski definition) is 3. The quantitative estimate of drug-likeness (QED) is 0.681. The minimum Gasteiger partial charge on any atom is -0.508 e. The molecular weight excluding hydrogens is 320 g/mol. The fourth-order valence-electron chi connectivity index (χ4n) is 2.77.